The van der Waals surface area contributed by atoms with E-state index in [1.54, 1.807) is 0 Å². The second-order valence-corrected chi connectivity index (χ2v) is 7.98. The van der Waals surface area contributed by atoms with Crippen LogP contribution in [0.3, 0.4) is 0 Å². The van der Waals surface area contributed by atoms with E-state index in [1.165, 1.54) is 5.56 Å². The number of rotatable bonds is 3. The number of aliphatic imine (C=N–C) groups is 2. The molecule has 0 radical (unpaired) electrons. The monoisotopic (exact) mass is 397 g/mol. The zero-order valence-electron chi connectivity index (χ0n) is 10.9. The van der Waals surface area contributed by atoms with Gasteiger partial charge in [0.2, 0.25) is 0 Å². The molecule has 1 aromatic carbocycles. The molecule has 0 unspecified atom stereocenters. The lowest BCUT2D eigenvalue weighted by molar-refractivity contribution is 0.800. The Labute approximate surface area is 132 Å². The second-order valence-electron chi connectivity index (χ2n) is 4.40. The van der Waals surface area contributed by atoms with Crippen molar-refractivity contribution in [3.63, 3.8) is 0 Å². The van der Waals surface area contributed by atoms with Gasteiger partial charge in [-0.3, -0.25) is 0 Å². The summed E-state index contributed by atoms with van der Waals surface area (Å²) in [5, 5.41) is 0. The Bertz CT molecular complexity index is 711. The zero-order chi connectivity index (χ0) is 13.9. The quantitative estimate of drug-likeness (QED) is 0.553. The van der Waals surface area contributed by atoms with Crippen LogP contribution in [-0.4, -0.2) is 17.2 Å². The van der Waals surface area contributed by atoms with Gasteiger partial charge in [-0.1, -0.05) is 41.9 Å². The van der Waals surface area contributed by atoms with Crippen molar-refractivity contribution in [1.82, 2.24) is 4.57 Å². The molecule has 3 nitrogen and oxygen atoms in total. The molecule has 1 aromatic heterocycles. The highest BCUT2D eigenvalue weighted by Gasteiger charge is 2.12. The fraction of sp³-hybridized carbons (Fsp3) is 0.133. The van der Waals surface area contributed by atoms with Crippen LogP contribution in [0.15, 0.2) is 58.6 Å². The van der Waals surface area contributed by atoms with Crippen LogP contribution < -0.4 is 0 Å². The Morgan fingerprint density at radius 1 is 1.10 bits per heavy atom. The van der Waals surface area contributed by atoms with Crippen LogP contribution in [0.5, 0.6) is 0 Å². The van der Waals surface area contributed by atoms with Gasteiger partial charge in [0.15, 0.2) is 3.09 Å². The van der Waals surface area contributed by atoms with Gasteiger partial charge in [0, 0.05) is 12.7 Å². The molecule has 0 fully saturated rings. The second kappa shape index (κ2) is 6.01. The number of benzene rings is 1. The zero-order valence-corrected chi connectivity index (χ0v) is 13.8. The third-order valence-corrected chi connectivity index (χ3v) is 5.47. The third-order valence-electron chi connectivity index (χ3n) is 2.91. The molecule has 5 heteroatoms. The summed E-state index contributed by atoms with van der Waals surface area (Å²) < 4.78 is 4.01. The summed E-state index contributed by atoms with van der Waals surface area (Å²) >= 11 is 5.66. The predicted octanol–water partition coefficient (Wildman–Crippen LogP) is 4.01. The van der Waals surface area contributed by atoms with Crippen LogP contribution in [0, 0.1) is 0 Å². The van der Waals surface area contributed by atoms with E-state index in [2.05, 4.69) is 57.1 Å². The van der Waals surface area contributed by atoms with Crippen LogP contribution in [0.2, 0.25) is 0 Å². The number of amidine groups is 1. The molecule has 0 N–H and O–H groups in total. The number of hydrogen-bond acceptors (Lipinski definition) is 2. The van der Waals surface area contributed by atoms with Crippen molar-refractivity contribution in [2.24, 2.45) is 9.98 Å². The first kappa shape index (κ1) is 13.7. The van der Waals surface area contributed by atoms with Crippen LogP contribution in [0.4, 0.5) is 0 Å². The molecule has 0 aliphatic carbocycles. The van der Waals surface area contributed by atoms with E-state index in [9.17, 15) is 0 Å². The standard InChI is InChI=1S/C15H13ClIN3/c1-11-18-14(17-15(16)19-11)13-8-5-9-20(13)10-12-6-3-2-4-7-12/h2-9H,10H2,1H3. The van der Waals surface area contributed by atoms with Gasteiger partial charge in [0.05, 0.1) is 5.69 Å². The van der Waals surface area contributed by atoms with Crippen molar-refractivity contribution in [3.8, 4) is 0 Å². The summed E-state index contributed by atoms with van der Waals surface area (Å²) in [5.41, 5.74) is 2.43. The molecule has 0 saturated carbocycles. The largest absolute Gasteiger partial charge is 0.341 e. The molecule has 20 heavy (non-hydrogen) atoms. The third kappa shape index (κ3) is 3.07. The van der Waals surface area contributed by atoms with Crippen molar-refractivity contribution in [2.45, 2.75) is 13.5 Å². The predicted molar refractivity (Wildman–Crippen MR) is 94.5 cm³/mol. The lowest BCUT2D eigenvalue weighted by Gasteiger charge is -2.11. The van der Waals surface area contributed by atoms with Crippen LogP contribution in [0.1, 0.15) is 18.2 Å². The fourth-order valence-electron chi connectivity index (χ4n) is 2.03. The molecule has 1 aliphatic rings. The van der Waals surface area contributed by atoms with Gasteiger partial charge < -0.3 is 4.57 Å². The highest BCUT2D eigenvalue weighted by atomic mass is 127. The lowest BCUT2D eigenvalue weighted by Crippen LogP contribution is -2.10. The van der Waals surface area contributed by atoms with Crippen molar-refractivity contribution >= 4 is 45.0 Å². The van der Waals surface area contributed by atoms with Crippen LogP contribution in [0.25, 0.3) is 0 Å². The first-order chi connectivity index (χ1) is 9.72. The Hall–Kier alpha value is -1.27. The van der Waals surface area contributed by atoms with E-state index in [0.29, 0.717) is 3.09 Å². The van der Waals surface area contributed by atoms with Gasteiger partial charge in [-0.15, -0.1) is 0 Å². The summed E-state index contributed by atoms with van der Waals surface area (Å²) in [7, 11) is 0. The average Bonchev–Trinajstić information content (AvgIpc) is 2.87. The Kier molecular flexibility index (Phi) is 4.12. The van der Waals surface area contributed by atoms with Gasteiger partial charge >= 0.3 is 0 Å². The Morgan fingerprint density at radius 3 is 2.65 bits per heavy atom. The summed E-state index contributed by atoms with van der Waals surface area (Å²) in [5.74, 6) is 0.739. The topological polar surface area (TPSA) is 29.6 Å². The Morgan fingerprint density at radius 2 is 1.90 bits per heavy atom. The smallest absolute Gasteiger partial charge is 0.165 e. The summed E-state index contributed by atoms with van der Waals surface area (Å²) in [6, 6.07) is 14.6. The maximum atomic E-state index is 6.12. The molecule has 0 atom stereocenters. The lowest BCUT2D eigenvalue weighted by atomic mass is 10.2. The molecule has 0 spiro atoms. The molecule has 0 amide bonds. The van der Waals surface area contributed by atoms with E-state index < -0.39 is 20.7 Å². The fourth-order valence-corrected chi connectivity index (χ4v) is 4.73. The molecule has 0 bridgehead atoms. The van der Waals surface area contributed by atoms with Gasteiger partial charge in [0.25, 0.3) is 0 Å². The molecule has 2 heterocycles. The Balaban J connectivity index is 1.94. The van der Waals surface area contributed by atoms with Crippen LogP contribution in [-0.2, 0) is 6.54 Å². The first-order valence-electron chi connectivity index (χ1n) is 6.23. The van der Waals surface area contributed by atoms with E-state index in [0.717, 1.165) is 21.8 Å². The molecular formula is C15H13ClIN3. The SMILES string of the molecule is CC1=NC(Cl)=IC(c2cccn2Cc2ccccc2)=N1. The molecule has 0 saturated heterocycles. The van der Waals surface area contributed by atoms with Crippen molar-refractivity contribution < 1.29 is 0 Å². The van der Waals surface area contributed by atoms with Crippen molar-refractivity contribution in [2.75, 3.05) is 0 Å². The first-order valence-corrected chi connectivity index (χ1v) is 8.76. The maximum Gasteiger partial charge on any atom is 0.165 e. The van der Waals surface area contributed by atoms with Gasteiger partial charge in [-0.05, 0) is 45.4 Å². The highest BCUT2D eigenvalue weighted by Crippen LogP contribution is 2.21. The number of nitrogens with zero attached hydrogens (tertiary/aromatic N) is 3. The number of hydrogen-bond donors (Lipinski definition) is 0. The van der Waals surface area contributed by atoms with Crippen molar-refractivity contribution in [1.29, 1.82) is 0 Å². The van der Waals surface area contributed by atoms with E-state index >= 15 is 0 Å². The summed E-state index contributed by atoms with van der Waals surface area (Å²) in [6.07, 6.45) is 2.09. The average molecular weight is 398 g/mol. The molecular weight excluding hydrogens is 385 g/mol. The number of aromatic nitrogens is 1. The maximum absolute atomic E-state index is 6.12. The van der Waals surface area contributed by atoms with Gasteiger partial charge in [0.1, 0.15) is 9.55 Å². The summed E-state index contributed by atoms with van der Waals surface area (Å²) in [6.45, 7) is 2.73. The molecule has 2 aromatic rings. The van der Waals surface area contributed by atoms with E-state index in [-0.39, 0.29) is 0 Å². The highest BCUT2D eigenvalue weighted by molar-refractivity contribution is 14.2. The van der Waals surface area contributed by atoms with E-state index in [1.807, 2.05) is 13.0 Å². The van der Waals surface area contributed by atoms with Gasteiger partial charge in [-0.2, -0.15) is 0 Å². The van der Waals surface area contributed by atoms with Crippen LogP contribution >= 0.6 is 32.3 Å². The molecule has 3 rings (SSSR count). The van der Waals surface area contributed by atoms with Gasteiger partial charge in [-0.25, -0.2) is 9.98 Å². The van der Waals surface area contributed by atoms with Crippen molar-refractivity contribution in [3.05, 3.63) is 59.9 Å². The minimum absolute atomic E-state index is 0.463. The normalized spacial score (nSPS) is 15.0. The van der Waals surface area contributed by atoms with E-state index in [4.69, 9.17) is 11.6 Å². The summed E-state index contributed by atoms with van der Waals surface area (Å²) in [4.78, 5) is 8.77. The minimum Gasteiger partial charge on any atom is -0.341 e. The number of halogens is 2. The molecule has 102 valence electrons. The minimum atomic E-state index is -0.463. The molecule has 1 aliphatic heterocycles.